The SMILES string of the molecule is Cc1cc(Cl)ccc1NC(=O)CN(C)Cc1c(F)cccc1Cl. The Morgan fingerprint density at radius 2 is 2.00 bits per heavy atom. The second-order valence-electron chi connectivity index (χ2n) is 5.38. The quantitative estimate of drug-likeness (QED) is 0.856. The summed E-state index contributed by atoms with van der Waals surface area (Å²) >= 11 is 11.9. The summed E-state index contributed by atoms with van der Waals surface area (Å²) in [4.78, 5) is 13.8. The molecule has 2 aromatic carbocycles. The van der Waals surface area contributed by atoms with E-state index in [1.165, 1.54) is 6.07 Å². The lowest BCUT2D eigenvalue weighted by Crippen LogP contribution is -2.30. The van der Waals surface area contributed by atoms with Crippen molar-refractivity contribution in [3.63, 3.8) is 0 Å². The first-order chi connectivity index (χ1) is 10.9. The molecular formula is C17H17Cl2FN2O. The van der Waals surface area contributed by atoms with Crippen LogP contribution < -0.4 is 5.32 Å². The lowest BCUT2D eigenvalue weighted by atomic mass is 10.2. The summed E-state index contributed by atoms with van der Waals surface area (Å²) in [6.45, 7) is 2.23. The Morgan fingerprint density at radius 1 is 1.26 bits per heavy atom. The molecule has 0 spiro atoms. The predicted octanol–water partition coefficient (Wildman–Crippen LogP) is 4.51. The van der Waals surface area contributed by atoms with Crippen molar-refractivity contribution in [3.05, 3.63) is 63.4 Å². The molecule has 6 heteroatoms. The fraction of sp³-hybridized carbons (Fsp3) is 0.235. The van der Waals surface area contributed by atoms with Gasteiger partial charge in [0.25, 0.3) is 0 Å². The summed E-state index contributed by atoms with van der Waals surface area (Å²) in [5.74, 6) is -0.566. The van der Waals surface area contributed by atoms with Crippen LogP contribution in [-0.4, -0.2) is 24.4 Å². The van der Waals surface area contributed by atoms with Gasteiger partial charge in [-0.15, -0.1) is 0 Å². The molecule has 0 unspecified atom stereocenters. The summed E-state index contributed by atoms with van der Waals surface area (Å²) in [5.41, 5.74) is 1.97. The van der Waals surface area contributed by atoms with Crippen LogP contribution in [0.3, 0.4) is 0 Å². The largest absolute Gasteiger partial charge is 0.325 e. The van der Waals surface area contributed by atoms with Gasteiger partial charge in [0, 0.05) is 27.8 Å². The zero-order valence-corrected chi connectivity index (χ0v) is 14.4. The van der Waals surface area contributed by atoms with Crippen LogP contribution in [0.25, 0.3) is 0 Å². The maximum absolute atomic E-state index is 13.8. The fourth-order valence-electron chi connectivity index (χ4n) is 2.21. The molecule has 1 N–H and O–H groups in total. The van der Waals surface area contributed by atoms with Crippen LogP contribution in [0.4, 0.5) is 10.1 Å². The summed E-state index contributed by atoms with van der Waals surface area (Å²) in [6, 6.07) is 9.78. The van der Waals surface area contributed by atoms with Crippen LogP contribution in [0.5, 0.6) is 0 Å². The van der Waals surface area contributed by atoms with Crippen LogP contribution in [0.2, 0.25) is 10.0 Å². The van der Waals surface area contributed by atoms with Gasteiger partial charge in [0.1, 0.15) is 5.82 Å². The van der Waals surface area contributed by atoms with Crippen LogP contribution in [-0.2, 0) is 11.3 Å². The molecule has 23 heavy (non-hydrogen) atoms. The third kappa shape index (κ3) is 4.93. The number of carbonyl (C=O) groups is 1. The molecule has 0 aliphatic heterocycles. The van der Waals surface area contributed by atoms with Crippen molar-refractivity contribution < 1.29 is 9.18 Å². The second-order valence-corrected chi connectivity index (χ2v) is 6.22. The van der Waals surface area contributed by atoms with Gasteiger partial charge in [0.05, 0.1) is 6.54 Å². The van der Waals surface area contributed by atoms with Gasteiger partial charge < -0.3 is 5.32 Å². The Hall–Kier alpha value is -1.62. The molecule has 0 aliphatic carbocycles. The number of rotatable bonds is 5. The van der Waals surface area contributed by atoms with E-state index in [0.717, 1.165) is 5.56 Å². The molecule has 0 heterocycles. The lowest BCUT2D eigenvalue weighted by molar-refractivity contribution is -0.117. The lowest BCUT2D eigenvalue weighted by Gasteiger charge is -2.18. The molecule has 0 aromatic heterocycles. The Labute approximate surface area is 145 Å². The fourth-order valence-corrected chi connectivity index (χ4v) is 2.66. The van der Waals surface area contributed by atoms with Crippen molar-refractivity contribution in [1.29, 1.82) is 0 Å². The molecule has 2 aromatic rings. The van der Waals surface area contributed by atoms with E-state index < -0.39 is 0 Å². The maximum Gasteiger partial charge on any atom is 0.238 e. The van der Waals surface area contributed by atoms with E-state index in [4.69, 9.17) is 23.2 Å². The maximum atomic E-state index is 13.8. The number of amides is 1. The standard InChI is InChI=1S/C17H17Cl2FN2O/c1-11-8-12(18)6-7-16(11)21-17(23)10-22(2)9-13-14(19)4-3-5-15(13)20/h3-8H,9-10H2,1-2H3,(H,21,23). The highest BCUT2D eigenvalue weighted by atomic mass is 35.5. The second kappa shape index (κ2) is 7.77. The molecular weight excluding hydrogens is 338 g/mol. The minimum atomic E-state index is -0.377. The summed E-state index contributed by atoms with van der Waals surface area (Å²) in [6.07, 6.45) is 0. The Bertz CT molecular complexity index is 701. The van der Waals surface area contributed by atoms with Crippen LogP contribution in [0, 0.1) is 12.7 Å². The monoisotopic (exact) mass is 354 g/mol. The van der Waals surface area contributed by atoms with E-state index in [0.29, 0.717) is 21.3 Å². The molecule has 0 atom stereocenters. The normalized spacial score (nSPS) is 10.9. The van der Waals surface area contributed by atoms with Gasteiger partial charge in [-0.2, -0.15) is 0 Å². The first kappa shape index (κ1) is 17.7. The number of aryl methyl sites for hydroxylation is 1. The number of hydrogen-bond donors (Lipinski definition) is 1. The minimum Gasteiger partial charge on any atom is -0.325 e. The Kier molecular flexibility index (Phi) is 5.99. The van der Waals surface area contributed by atoms with Crippen molar-refractivity contribution >= 4 is 34.8 Å². The number of anilines is 1. The number of nitrogens with one attached hydrogen (secondary N) is 1. The highest BCUT2D eigenvalue weighted by Crippen LogP contribution is 2.21. The summed E-state index contributed by atoms with van der Waals surface area (Å²) in [7, 11) is 1.73. The van der Waals surface area contributed by atoms with Crippen LogP contribution >= 0.6 is 23.2 Å². The molecule has 1 amide bonds. The highest BCUT2D eigenvalue weighted by Gasteiger charge is 2.13. The first-order valence-electron chi connectivity index (χ1n) is 7.04. The molecule has 0 saturated carbocycles. The van der Waals surface area contributed by atoms with Crippen molar-refractivity contribution in [1.82, 2.24) is 4.90 Å². The highest BCUT2D eigenvalue weighted by molar-refractivity contribution is 6.31. The zero-order valence-electron chi connectivity index (χ0n) is 12.9. The third-order valence-corrected chi connectivity index (χ3v) is 3.95. The summed E-state index contributed by atoms with van der Waals surface area (Å²) in [5, 5.41) is 3.79. The van der Waals surface area contributed by atoms with Gasteiger partial charge in [0.2, 0.25) is 5.91 Å². The zero-order chi connectivity index (χ0) is 17.0. The molecule has 0 fully saturated rings. The van der Waals surface area contributed by atoms with E-state index in [-0.39, 0.29) is 24.8 Å². The Balaban J connectivity index is 1.97. The number of benzene rings is 2. The number of likely N-dealkylation sites (N-methyl/N-ethyl adjacent to an activating group) is 1. The van der Waals surface area contributed by atoms with Gasteiger partial charge >= 0.3 is 0 Å². The van der Waals surface area contributed by atoms with E-state index >= 15 is 0 Å². The molecule has 122 valence electrons. The summed E-state index contributed by atoms with van der Waals surface area (Å²) < 4.78 is 13.8. The number of halogens is 3. The molecule has 3 nitrogen and oxygen atoms in total. The van der Waals surface area contributed by atoms with E-state index in [1.807, 2.05) is 6.92 Å². The van der Waals surface area contributed by atoms with E-state index in [9.17, 15) is 9.18 Å². The molecule has 2 rings (SSSR count). The number of nitrogens with zero attached hydrogens (tertiary/aromatic N) is 1. The van der Waals surface area contributed by atoms with Crippen molar-refractivity contribution in [3.8, 4) is 0 Å². The van der Waals surface area contributed by atoms with Gasteiger partial charge in [-0.1, -0.05) is 29.3 Å². The van der Waals surface area contributed by atoms with Gasteiger partial charge in [-0.3, -0.25) is 9.69 Å². The van der Waals surface area contributed by atoms with Crippen LogP contribution in [0.15, 0.2) is 36.4 Å². The minimum absolute atomic E-state index is 0.118. The van der Waals surface area contributed by atoms with E-state index in [2.05, 4.69) is 5.32 Å². The molecule has 0 bridgehead atoms. The van der Waals surface area contributed by atoms with Crippen molar-refractivity contribution in [2.24, 2.45) is 0 Å². The number of carbonyl (C=O) groups excluding carboxylic acids is 1. The molecule has 0 radical (unpaired) electrons. The average molecular weight is 355 g/mol. The molecule has 0 aliphatic rings. The van der Waals surface area contributed by atoms with Crippen molar-refractivity contribution in [2.45, 2.75) is 13.5 Å². The van der Waals surface area contributed by atoms with Gasteiger partial charge in [-0.25, -0.2) is 4.39 Å². The first-order valence-corrected chi connectivity index (χ1v) is 7.80. The van der Waals surface area contributed by atoms with Gasteiger partial charge in [-0.05, 0) is 49.9 Å². The average Bonchev–Trinajstić information content (AvgIpc) is 2.46. The van der Waals surface area contributed by atoms with Gasteiger partial charge in [0.15, 0.2) is 0 Å². The third-order valence-electron chi connectivity index (χ3n) is 3.37. The number of hydrogen-bond acceptors (Lipinski definition) is 2. The molecule has 0 saturated heterocycles. The smallest absolute Gasteiger partial charge is 0.238 e. The van der Waals surface area contributed by atoms with E-state index in [1.54, 1.807) is 42.3 Å². The topological polar surface area (TPSA) is 32.3 Å². The van der Waals surface area contributed by atoms with Crippen molar-refractivity contribution in [2.75, 3.05) is 18.9 Å². The predicted molar refractivity (Wildman–Crippen MR) is 92.6 cm³/mol. The van der Waals surface area contributed by atoms with Crippen LogP contribution in [0.1, 0.15) is 11.1 Å². The Morgan fingerprint density at radius 3 is 2.65 bits per heavy atom.